The number of carbonyl (C=O) groups is 2. The van der Waals surface area contributed by atoms with Crippen LogP contribution in [0.5, 0.6) is 0 Å². The number of carbonyl (C=O) groups excluding carboxylic acids is 1. The monoisotopic (exact) mass is 230 g/mol. The standard InChI is InChI=1S/C9H8F2N2O3/c10-6-2-1-5(3-7(6)11)13-9(16)12-4-8(14)15/h1-3H,4H2,(H,14,15)(H2,12,13,16). The van der Waals surface area contributed by atoms with Crippen molar-refractivity contribution in [1.82, 2.24) is 5.32 Å². The minimum absolute atomic E-state index is 0.0294. The first kappa shape index (κ1) is 11.9. The van der Waals surface area contributed by atoms with Gasteiger partial charge in [-0.15, -0.1) is 0 Å². The average Bonchev–Trinajstić information content (AvgIpc) is 2.21. The molecule has 0 aliphatic rings. The quantitative estimate of drug-likeness (QED) is 0.729. The number of amides is 2. The van der Waals surface area contributed by atoms with Crippen LogP contribution in [-0.2, 0) is 4.79 Å². The highest BCUT2D eigenvalue weighted by Crippen LogP contribution is 2.12. The van der Waals surface area contributed by atoms with Gasteiger partial charge in [-0.05, 0) is 12.1 Å². The zero-order valence-electron chi connectivity index (χ0n) is 7.96. The maximum atomic E-state index is 12.7. The molecule has 2 amide bonds. The van der Waals surface area contributed by atoms with Gasteiger partial charge in [0.15, 0.2) is 11.6 Å². The van der Waals surface area contributed by atoms with Crippen LogP contribution in [0.15, 0.2) is 18.2 Å². The molecule has 0 aliphatic heterocycles. The third-order valence-corrected chi connectivity index (χ3v) is 1.58. The molecule has 0 heterocycles. The summed E-state index contributed by atoms with van der Waals surface area (Å²) >= 11 is 0. The summed E-state index contributed by atoms with van der Waals surface area (Å²) < 4.78 is 25.2. The van der Waals surface area contributed by atoms with Gasteiger partial charge in [0, 0.05) is 11.8 Å². The van der Waals surface area contributed by atoms with Crippen LogP contribution in [0.3, 0.4) is 0 Å². The average molecular weight is 230 g/mol. The lowest BCUT2D eigenvalue weighted by Gasteiger charge is -2.05. The molecule has 0 unspecified atom stereocenters. The van der Waals surface area contributed by atoms with E-state index in [-0.39, 0.29) is 5.69 Å². The molecule has 5 nitrogen and oxygen atoms in total. The van der Waals surface area contributed by atoms with Crippen LogP contribution in [0.2, 0.25) is 0 Å². The Morgan fingerprint density at radius 2 is 1.94 bits per heavy atom. The summed E-state index contributed by atoms with van der Waals surface area (Å²) in [6.07, 6.45) is 0. The van der Waals surface area contributed by atoms with Crippen molar-refractivity contribution < 1.29 is 23.5 Å². The molecule has 1 aromatic carbocycles. The summed E-state index contributed by atoms with van der Waals surface area (Å²) in [7, 11) is 0. The van der Waals surface area contributed by atoms with Crippen molar-refractivity contribution in [2.75, 3.05) is 11.9 Å². The zero-order chi connectivity index (χ0) is 12.1. The molecule has 16 heavy (non-hydrogen) atoms. The first-order valence-electron chi connectivity index (χ1n) is 4.20. The Morgan fingerprint density at radius 3 is 2.50 bits per heavy atom. The van der Waals surface area contributed by atoms with Crippen LogP contribution in [0, 0.1) is 11.6 Å². The highest BCUT2D eigenvalue weighted by atomic mass is 19.2. The molecule has 0 atom stereocenters. The van der Waals surface area contributed by atoms with Crippen LogP contribution in [-0.4, -0.2) is 23.7 Å². The van der Waals surface area contributed by atoms with Crippen molar-refractivity contribution >= 4 is 17.7 Å². The summed E-state index contributed by atoms with van der Waals surface area (Å²) in [5, 5.41) is 12.4. The Morgan fingerprint density at radius 1 is 1.25 bits per heavy atom. The third kappa shape index (κ3) is 3.52. The molecule has 1 rings (SSSR count). The van der Waals surface area contributed by atoms with E-state index >= 15 is 0 Å². The van der Waals surface area contributed by atoms with Crippen LogP contribution < -0.4 is 10.6 Å². The lowest BCUT2D eigenvalue weighted by atomic mass is 10.3. The SMILES string of the molecule is O=C(O)CNC(=O)Nc1ccc(F)c(F)c1. The summed E-state index contributed by atoms with van der Waals surface area (Å²) in [4.78, 5) is 21.1. The number of hydrogen-bond donors (Lipinski definition) is 3. The second-order valence-electron chi connectivity index (χ2n) is 2.83. The minimum Gasteiger partial charge on any atom is -0.480 e. The maximum absolute atomic E-state index is 12.7. The van der Waals surface area contributed by atoms with Gasteiger partial charge in [0.1, 0.15) is 6.54 Å². The molecule has 0 spiro atoms. The molecule has 0 bridgehead atoms. The van der Waals surface area contributed by atoms with E-state index in [9.17, 15) is 18.4 Å². The summed E-state index contributed by atoms with van der Waals surface area (Å²) in [6.45, 7) is -0.560. The number of nitrogens with one attached hydrogen (secondary N) is 2. The van der Waals surface area contributed by atoms with Crippen molar-refractivity contribution in [3.63, 3.8) is 0 Å². The van der Waals surface area contributed by atoms with Crippen LogP contribution in [0.4, 0.5) is 19.3 Å². The van der Waals surface area contributed by atoms with Gasteiger partial charge in [0.05, 0.1) is 0 Å². The highest BCUT2D eigenvalue weighted by molar-refractivity contribution is 5.91. The molecule has 1 aromatic rings. The lowest BCUT2D eigenvalue weighted by Crippen LogP contribution is -2.33. The minimum atomic E-state index is -1.21. The predicted molar refractivity (Wildman–Crippen MR) is 51.0 cm³/mol. The number of halogens is 2. The topological polar surface area (TPSA) is 78.4 Å². The molecule has 86 valence electrons. The summed E-state index contributed by atoms with van der Waals surface area (Å²) in [5.74, 6) is -3.34. The Balaban J connectivity index is 2.56. The number of carboxylic acids is 1. The van der Waals surface area contributed by atoms with Gasteiger partial charge in [-0.25, -0.2) is 13.6 Å². The van der Waals surface area contributed by atoms with E-state index in [0.29, 0.717) is 0 Å². The first-order valence-corrected chi connectivity index (χ1v) is 4.20. The molecule has 0 saturated carbocycles. The zero-order valence-corrected chi connectivity index (χ0v) is 7.96. The van der Waals surface area contributed by atoms with E-state index in [0.717, 1.165) is 18.2 Å². The summed E-state index contributed by atoms with van der Waals surface area (Å²) in [6, 6.07) is 1.98. The van der Waals surface area contributed by atoms with Gasteiger partial charge in [-0.2, -0.15) is 0 Å². The largest absolute Gasteiger partial charge is 0.480 e. The van der Waals surface area contributed by atoms with Gasteiger partial charge in [0.2, 0.25) is 0 Å². The third-order valence-electron chi connectivity index (χ3n) is 1.58. The maximum Gasteiger partial charge on any atom is 0.323 e. The smallest absolute Gasteiger partial charge is 0.323 e. The van der Waals surface area contributed by atoms with Gasteiger partial charge in [-0.3, -0.25) is 4.79 Å². The van der Waals surface area contributed by atoms with Gasteiger partial charge in [-0.1, -0.05) is 0 Å². The van der Waals surface area contributed by atoms with Gasteiger partial charge >= 0.3 is 12.0 Å². The van der Waals surface area contributed by atoms with Gasteiger partial charge in [0.25, 0.3) is 0 Å². The number of carboxylic acid groups (broad SMARTS) is 1. The number of anilines is 1. The van der Waals surface area contributed by atoms with Crippen molar-refractivity contribution in [3.05, 3.63) is 29.8 Å². The number of urea groups is 1. The van der Waals surface area contributed by atoms with E-state index in [1.54, 1.807) is 0 Å². The summed E-state index contributed by atoms with van der Waals surface area (Å²) in [5.41, 5.74) is 0.0294. The van der Waals surface area contributed by atoms with Crippen molar-refractivity contribution in [3.8, 4) is 0 Å². The highest BCUT2D eigenvalue weighted by Gasteiger charge is 2.06. The molecule has 7 heteroatoms. The Bertz CT molecular complexity index is 423. The second kappa shape index (κ2) is 5.06. The molecule has 0 fully saturated rings. The Kier molecular flexibility index (Phi) is 3.76. The fourth-order valence-corrected chi connectivity index (χ4v) is 0.905. The van der Waals surface area contributed by atoms with Crippen LogP contribution in [0.1, 0.15) is 0 Å². The fraction of sp³-hybridized carbons (Fsp3) is 0.111. The van der Waals surface area contributed by atoms with Gasteiger partial charge < -0.3 is 15.7 Å². The first-order chi connectivity index (χ1) is 7.49. The normalized spacial score (nSPS) is 9.62. The molecule has 0 aliphatic carbocycles. The molecule has 0 aromatic heterocycles. The van der Waals surface area contributed by atoms with E-state index in [2.05, 4.69) is 5.32 Å². The van der Waals surface area contributed by atoms with E-state index in [4.69, 9.17) is 5.11 Å². The Hall–Kier alpha value is -2.18. The molecular formula is C9H8F2N2O3. The second-order valence-corrected chi connectivity index (χ2v) is 2.83. The predicted octanol–water partition coefficient (Wildman–Crippen LogP) is 1.17. The molecule has 0 radical (unpaired) electrons. The number of hydrogen-bond acceptors (Lipinski definition) is 2. The molecule has 0 saturated heterocycles. The van der Waals surface area contributed by atoms with E-state index in [1.807, 2.05) is 5.32 Å². The van der Waals surface area contributed by atoms with E-state index < -0.39 is 30.2 Å². The number of aliphatic carboxylic acids is 1. The fourth-order valence-electron chi connectivity index (χ4n) is 0.905. The van der Waals surface area contributed by atoms with Crippen molar-refractivity contribution in [2.45, 2.75) is 0 Å². The number of rotatable bonds is 3. The van der Waals surface area contributed by atoms with Crippen LogP contribution >= 0.6 is 0 Å². The van der Waals surface area contributed by atoms with Crippen molar-refractivity contribution in [2.24, 2.45) is 0 Å². The Labute approximate surface area is 89.1 Å². The van der Waals surface area contributed by atoms with E-state index in [1.165, 1.54) is 0 Å². The molecular weight excluding hydrogens is 222 g/mol. The molecule has 3 N–H and O–H groups in total. The van der Waals surface area contributed by atoms with Crippen molar-refractivity contribution in [1.29, 1.82) is 0 Å². The van der Waals surface area contributed by atoms with Crippen LogP contribution in [0.25, 0.3) is 0 Å². The number of benzene rings is 1. The lowest BCUT2D eigenvalue weighted by molar-refractivity contribution is -0.135.